The Kier molecular flexibility index (Phi) is 7.43. The van der Waals surface area contributed by atoms with Crippen LogP contribution in [-0.4, -0.2) is 139 Å². The summed E-state index contributed by atoms with van der Waals surface area (Å²) in [6.07, 6.45) is -5.47. The molecule has 15 atom stereocenters. The molecule has 0 radical (unpaired) electrons. The predicted molar refractivity (Wildman–Crippen MR) is 161 cm³/mol. The Morgan fingerprint density at radius 1 is 0.978 bits per heavy atom. The molecule has 1 aromatic rings. The third kappa shape index (κ3) is 3.40. The van der Waals surface area contributed by atoms with Crippen LogP contribution >= 0.6 is 0 Å². The third-order valence-corrected chi connectivity index (χ3v) is 13.4. The van der Waals surface area contributed by atoms with Gasteiger partial charge in [0.1, 0.15) is 29.5 Å². The van der Waals surface area contributed by atoms with Crippen LogP contribution < -0.4 is 0 Å². The van der Waals surface area contributed by atoms with Crippen molar-refractivity contribution in [2.75, 3.05) is 48.1 Å². The quantitative estimate of drug-likeness (QED) is 0.211. The van der Waals surface area contributed by atoms with Crippen LogP contribution in [-0.2, 0) is 28.5 Å². The van der Waals surface area contributed by atoms with Crippen LogP contribution in [0.3, 0.4) is 0 Å². The number of piperidine rings is 1. The number of aliphatic hydroxyl groups excluding tert-OH is 1. The average molecular weight is 646 g/mol. The van der Waals surface area contributed by atoms with Gasteiger partial charge in [0, 0.05) is 94.9 Å². The second kappa shape index (κ2) is 10.5. The maximum atomic E-state index is 14.6. The van der Waals surface area contributed by atoms with Crippen molar-refractivity contribution in [2.24, 2.45) is 34.5 Å². The summed E-state index contributed by atoms with van der Waals surface area (Å²) in [5, 5.41) is 52.0. The first-order chi connectivity index (χ1) is 21.8. The van der Waals surface area contributed by atoms with E-state index in [0.29, 0.717) is 18.7 Å². The molecule has 1 spiro atoms. The van der Waals surface area contributed by atoms with Crippen LogP contribution in [0.25, 0.3) is 0 Å². The maximum Gasteiger partial charge on any atom is 0.302 e. The first-order valence-electron chi connectivity index (χ1n) is 16.3. The molecule has 1 aromatic carbocycles. The molecule has 0 unspecified atom stereocenters. The number of ether oxygens (including phenoxy) is 5. The van der Waals surface area contributed by atoms with E-state index in [0.717, 1.165) is 0 Å². The number of Topliss-reactive ketones (excluding diaryl/α,β-unsaturated/α-hetero) is 1. The van der Waals surface area contributed by atoms with Crippen LogP contribution in [0.2, 0.25) is 0 Å². The number of hydrogen-bond donors (Lipinski definition) is 4. The summed E-state index contributed by atoms with van der Waals surface area (Å²) < 4.78 is 30.5. The summed E-state index contributed by atoms with van der Waals surface area (Å²) in [6.45, 7) is 4.36. The molecular weight excluding hydrogens is 598 g/mol. The number of likely N-dealkylation sites (tertiary alicyclic amines) is 1. The lowest BCUT2D eigenvalue weighted by atomic mass is 9.40. The van der Waals surface area contributed by atoms with Gasteiger partial charge >= 0.3 is 5.97 Å². The van der Waals surface area contributed by atoms with Crippen molar-refractivity contribution in [3.05, 3.63) is 35.9 Å². The van der Waals surface area contributed by atoms with E-state index in [1.165, 1.54) is 14.0 Å². The number of rotatable bonds is 9. The second-order valence-electron chi connectivity index (χ2n) is 14.6. The summed E-state index contributed by atoms with van der Waals surface area (Å²) >= 11 is 0. The van der Waals surface area contributed by atoms with Gasteiger partial charge in [-0.15, -0.1) is 0 Å². The van der Waals surface area contributed by atoms with E-state index in [1.54, 1.807) is 51.7 Å². The number of nitrogens with zero attached hydrogens (tertiary/aromatic N) is 1. The van der Waals surface area contributed by atoms with Gasteiger partial charge in [-0.25, -0.2) is 0 Å². The zero-order valence-electron chi connectivity index (χ0n) is 27.3. The molecule has 12 nitrogen and oxygen atoms in total. The van der Waals surface area contributed by atoms with E-state index in [9.17, 15) is 30.0 Å². The van der Waals surface area contributed by atoms with Crippen molar-refractivity contribution in [1.29, 1.82) is 0 Å². The van der Waals surface area contributed by atoms with Gasteiger partial charge in [0.05, 0.1) is 30.3 Å². The molecule has 12 heteroatoms. The minimum absolute atomic E-state index is 0.142. The van der Waals surface area contributed by atoms with Gasteiger partial charge < -0.3 is 44.1 Å². The van der Waals surface area contributed by atoms with Gasteiger partial charge in [0.25, 0.3) is 0 Å². The summed E-state index contributed by atoms with van der Waals surface area (Å²) in [7, 11) is 6.00. The Hall–Kier alpha value is -2.00. The number of carbonyl (C=O) groups excluding carboxylic acids is 2. The standard InChI is InChI=1S/C34H47NO11/c1-7-35-15-30(16-42-3)19(46-17(2)36)13-20(43-4)33-26(30)24(44-5)22(27(33)35)34(41)25-21(23(37)18-11-9-8-10-12-18)31(39,14-32(25,33)40)29(45-6)28(34)38/h8-12,19-22,24-29,38-41H,7,13-16H2,1-6H3/t19-,20-,21+,22+,24+,25+,26-,27-,28+,29+,30+,31-,32+,33-,34+/m1/s1. The highest BCUT2D eigenvalue weighted by Crippen LogP contribution is 2.82. The predicted octanol–water partition coefficient (Wildman–Crippen LogP) is 0.0365. The van der Waals surface area contributed by atoms with Crippen molar-refractivity contribution >= 4 is 11.8 Å². The SMILES string of the molecule is CCN1C[C@@]2(COC)[C@H]3[C@@H](OC)[C@H]4[C@@H]1[C@]3([C@H](OC)C[C@H]2OC(C)=O)[C@]1(O)C[C@]2(O)[C@@H](OC)[C@H](O)[C@@]4(O)[C@H]1[C@@H]2C(=O)c1ccccc1. The summed E-state index contributed by atoms with van der Waals surface area (Å²) in [4.78, 5) is 29.4. The largest absolute Gasteiger partial charge is 0.462 e. The van der Waals surface area contributed by atoms with Gasteiger partial charge in [0.15, 0.2) is 5.78 Å². The highest BCUT2D eigenvalue weighted by Gasteiger charge is 2.95. The molecular formula is C34H47NO11. The Labute approximate surface area is 268 Å². The molecule has 46 heavy (non-hydrogen) atoms. The van der Waals surface area contributed by atoms with Crippen LogP contribution in [0.5, 0.6) is 0 Å². The first-order valence-corrected chi connectivity index (χ1v) is 16.3. The smallest absolute Gasteiger partial charge is 0.302 e. The lowest BCUT2D eigenvalue weighted by Gasteiger charge is -2.72. The monoisotopic (exact) mass is 645 g/mol. The molecule has 7 rings (SSSR count). The van der Waals surface area contributed by atoms with Gasteiger partial charge in [-0.1, -0.05) is 37.3 Å². The Morgan fingerprint density at radius 2 is 1.67 bits per heavy atom. The number of benzene rings is 1. The van der Waals surface area contributed by atoms with Crippen molar-refractivity contribution in [1.82, 2.24) is 4.90 Å². The fraction of sp³-hybridized carbons (Fsp3) is 0.765. The van der Waals surface area contributed by atoms with Gasteiger partial charge in [-0.3, -0.25) is 14.5 Å². The number of carbonyl (C=O) groups is 2. The van der Waals surface area contributed by atoms with Gasteiger partial charge in [-0.2, -0.15) is 0 Å². The van der Waals surface area contributed by atoms with Crippen molar-refractivity contribution in [3.63, 3.8) is 0 Å². The molecule has 1 aliphatic heterocycles. The van der Waals surface area contributed by atoms with Crippen molar-refractivity contribution < 1.29 is 53.7 Å². The zero-order chi connectivity index (χ0) is 33.2. The molecule has 6 fully saturated rings. The highest BCUT2D eigenvalue weighted by atomic mass is 16.6. The summed E-state index contributed by atoms with van der Waals surface area (Å²) in [5.74, 6) is -5.06. The molecule has 4 N–H and O–H groups in total. The van der Waals surface area contributed by atoms with Gasteiger partial charge in [-0.05, 0) is 6.54 Å². The van der Waals surface area contributed by atoms with Crippen LogP contribution in [0.1, 0.15) is 37.0 Å². The molecule has 0 amide bonds. The summed E-state index contributed by atoms with van der Waals surface area (Å²) in [6, 6.07) is 7.91. The van der Waals surface area contributed by atoms with Crippen LogP contribution in [0.15, 0.2) is 30.3 Å². The van der Waals surface area contributed by atoms with E-state index >= 15 is 0 Å². The second-order valence-corrected chi connectivity index (χ2v) is 14.6. The van der Waals surface area contributed by atoms with Crippen LogP contribution in [0.4, 0.5) is 0 Å². The fourth-order valence-electron chi connectivity index (χ4n) is 12.6. The topological polar surface area (TPSA) is 164 Å². The molecule has 6 aliphatic rings. The first kappa shape index (κ1) is 32.5. The minimum atomic E-state index is -2.15. The number of methoxy groups -OCH3 is 4. The molecule has 7 bridgehead atoms. The van der Waals surface area contributed by atoms with E-state index in [2.05, 4.69) is 4.90 Å². The van der Waals surface area contributed by atoms with Crippen molar-refractivity contribution in [3.8, 4) is 0 Å². The molecule has 254 valence electrons. The average Bonchev–Trinajstić information content (AvgIpc) is 3.40. The van der Waals surface area contributed by atoms with E-state index in [1.807, 2.05) is 6.92 Å². The molecule has 5 saturated carbocycles. The van der Waals surface area contributed by atoms with E-state index < -0.39 is 99.6 Å². The Morgan fingerprint density at radius 3 is 2.24 bits per heavy atom. The molecule has 0 aromatic heterocycles. The lowest BCUT2D eigenvalue weighted by Crippen LogP contribution is -2.85. The van der Waals surface area contributed by atoms with E-state index in [4.69, 9.17) is 23.7 Å². The fourth-order valence-corrected chi connectivity index (χ4v) is 12.6. The Balaban J connectivity index is 1.57. The number of hydrogen-bond acceptors (Lipinski definition) is 12. The number of fused-ring (bicyclic) bond motifs is 2. The maximum absolute atomic E-state index is 14.6. The minimum Gasteiger partial charge on any atom is -0.462 e. The molecule has 5 aliphatic carbocycles. The third-order valence-electron chi connectivity index (χ3n) is 13.4. The number of aliphatic hydroxyl groups is 4. The van der Waals surface area contributed by atoms with Crippen LogP contribution in [0, 0.1) is 34.5 Å². The number of ketones is 1. The molecule has 1 saturated heterocycles. The van der Waals surface area contributed by atoms with Crippen molar-refractivity contribution in [2.45, 2.75) is 80.1 Å². The van der Waals surface area contributed by atoms with E-state index in [-0.39, 0.29) is 19.4 Å². The Bertz CT molecular complexity index is 1400. The number of esters is 1. The molecule has 1 heterocycles. The normalized spacial score (nSPS) is 51.6. The highest BCUT2D eigenvalue weighted by molar-refractivity contribution is 5.99. The lowest BCUT2D eigenvalue weighted by molar-refractivity contribution is -0.348. The zero-order valence-corrected chi connectivity index (χ0v) is 27.3. The van der Waals surface area contributed by atoms with Gasteiger partial charge in [0.2, 0.25) is 0 Å². The summed E-state index contributed by atoms with van der Waals surface area (Å²) in [5.41, 5.74) is -8.05.